The number of ether oxygens (including phenoxy) is 1. The second-order valence-corrected chi connectivity index (χ2v) is 12.0. The number of carbonyl (C=O) groups excluding carboxylic acids is 1. The monoisotopic (exact) mass is 670 g/mol. The van der Waals surface area contributed by atoms with Gasteiger partial charge >= 0.3 is 6.01 Å². The maximum absolute atomic E-state index is 16.7. The van der Waals surface area contributed by atoms with Gasteiger partial charge in [-0.25, -0.2) is 22.0 Å². The van der Waals surface area contributed by atoms with Crippen molar-refractivity contribution >= 4 is 45.0 Å². The zero-order valence-electron chi connectivity index (χ0n) is 25.1. The molecule has 244 valence electrons. The van der Waals surface area contributed by atoms with Gasteiger partial charge in [-0.05, 0) is 36.6 Å². The van der Waals surface area contributed by atoms with E-state index in [9.17, 15) is 23.2 Å². The number of likely N-dealkylation sites (N-methyl/N-ethyl adjacent to an activating group) is 1. The molecular formula is C33H28ClF5N6O2. The molecule has 14 heteroatoms. The van der Waals surface area contributed by atoms with E-state index in [0.29, 0.717) is 5.39 Å². The largest absolute Gasteiger partial charge is 0.462 e. The van der Waals surface area contributed by atoms with E-state index in [1.54, 1.807) is 29.0 Å². The predicted octanol–water partition coefficient (Wildman–Crippen LogP) is 6.36. The van der Waals surface area contributed by atoms with Gasteiger partial charge in [-0.1, -0.05) is 42.4 Å². The van der Waals surface area contributed by atoms with Crippen LogP contribution in [0.4, 0.5) is 27.8 Å². The van der Waals surface area contributed by atoms with E-state index < -0.39 is 47.0 Å². The van der Waals surface area contributed by atoms with Crippen LogP contribution < -0.4 is 9.64 Å². The average Bonchev–Trinajstić information content (AvgIpc) is 3.37. The lowest BCUT2D eigenvalue weighted by atomic mass is 9.96. The molecule has 2 fully saturated rings. The number of nitriles is 1. The molecule has 0 aliphatic carbocycles. The zero-order valence-corrected chi connectivity index (χ0v) is 25.9. The Balaban J connectivity index is 1.49. The van der Waals surface area contributed by atoms with Crippen molar-refractivity contribution in [3.8, 4) is 23.2 Å². The summed E-state index contributed by atoms with van der Waals surface area (Å²) in [5.41, 5.74) is -0.816. The fourth-order valence-electron chi connectivity index (χ4n) is 6.36. The smallest absolute Gasteiger partial charge is 0.319 e. The topological polar surface area (TPSA) is 85.6 Å². The van der Waals surface area contributed by atoms with Crippen molar-refractivity contribution in [3.63, 3.8) is 0 Å². The van der Waals surface area contributed by atoms with Crippen LogP contribution in [-0.4, -0.2) is 83.8 Å². The molecule has 47 heavy (non-hydrogen) atoms. The number of piperazine rings is 1. The Morgan fingerprint density at radius 2 is 1.91 bits per heavy atom. The van der Waals surface area contributed by atoms with Gasteiger partial charge in [0.2, 0.25) is 0 Å². The first-order chi connectivity index (χ1) is 22.5. The Bertz CT molecular complexity index is 1960. The summed E-state index contributed by atoms with van der Waals surface area (Å²) in [7, 11) is 1.75. The van der Waals surface area contributed by atoms with Crippen LogP contribution in [0.2, 0.25) is 5.02 Å². The zero-order chi connectivity index (χ0) is 33.6. The summed E-state index contributed by atoms with van der Waals surface area (Å²) in [5, 5.41) is 9.66. The molecule has 2 aliphatic heterocycles. The maximum Gasteiger partial charge on any atom is 0.319 e. The molecule has 2 saturated heterocycles. The first kappa shape index (κ1) is 32.4. The molecule has 3 atom stereocenters. The van der Waals surface area contributed by atoms with Gasteiger partial charge in [-0.15, -0.1) is 0 Å². The molecule has 1 amide bonds. The van der Waals surface area contributed by atoms with Crippen LogP contribution in [0, 0.1) is 28.8 Å². The first-order valence-corrected chi connectivity index (χ1v) is 15.2. The predicted molar refractivity (Wildman–Crippen MR) is 167 cm³/mol. The molecule has 0 bridgehead atoms. The van der Waals surface area contributed by atoms with Crippen LogP contribution in [0.15, 0.2) is 48.8 Å². The van der Waals surface area contributed by atoms with E-state index in [1.165, 1.54) is 17.0 Å². The Labute approximate surface area is 271 Å². The molecule has 1 aromatic heterocycles. The summed E-state index contributed by atoms with van der Waals surface area (Å²) in [6.45, 7) is 3.26. The van der Waals surface area contributed by atoms with E-state index >= 15 is 8.78 Å². The van der Waals surface area contributed by atoms with Crippen LogP contribution in [-0.2, 0) is 4.79 Å². The van der Waals surface area contributed by atoms with Gasteiger partial charge in [0.05, 0.1) is 29.1 Å². The summed E-state index contributed by atoms with van der Waals surface area (Å²) in [6, 6.07) is 8.90. The molecule has 4 aromatic rings. The fraction of sp³-hybridized carbons (Fsp3) is 0.333. The summed E-state index contributed by atoms with van der Waals surface area (Å²) in [6.07, 6.45) is -0.991. The minimum Gasteiger partial charge on any atom is -0.462 e. The number of nitrogens with zero attached hydrogens (tertiary/aromatic N) is 6. The average molecular weight is 671 g/mol. The van der Waals surface area contributed by atoms with Crippen molar-refractivity contribution in [1.82, 2.24) is 19.8 Å². The Morgan fingerprint density at radius 3 is 2.62 bits per heavy atom. The summed E-state index contributed by atoms with van der Waals surface area (Å²) in [5.74, 6) is -4.93. The third-order valence-corrected chi connectivity index (χ3v) is 9.06. The quantitative estimate of drug-likeness (QED) is 0.167. The molecule has 0 N–H and O–H groups in total. The Hall–Kier alpha value is -4.54. The van der Waals surface area contributed by atoms with Crippen LogP contribution in [0.1, 0.15) is 12.8 Å². The molecule has 6 rings (SSSR count). The van der Waals surface area contributed by atoms with Crippen LogP contribution in [0.3, 0.4) is 0 Å². The van der Waals surface area contributed by atoms with E-state index in [-0.39, 0.29) is 90.4 Å². The lowest BCUT2D eigenvalue weighted by Gasteiger charge is -2.41. The standard InChI is InChI=1S/C33H28ClF5N6O2/c1-17(35)32(46)45-11-10-44(15-20(45)8-9-40)31-23-13-25(38)27(22-5-3-4-18-6-7-24(37)28(34)26(18)22)29(39)30(23)41-33(42-31)47-16-21-12-19(36)14-43(21)2/h3-7,13,19-21H,1,8,10-12,14-16H2,2H3/t19-,20+,21+/m1/s1. The molecule has 3 aromatic carbocycles. The molecule has 0 unspecified atom stereocenters. The molecule has 0 spiro atoms. The van der Waals surface area contributed by atoms with Crippen LogP contribution in [0.25, 0.3) is 32.8 Å². The van der Waals surface area contributed by atoms with Crippen molar-refractivity contribution in [1.29, 1.82) is 5.26 Å². The van der Waals surface area contributed by atoms with Crippen molar-refractivity contribution < 1.29 is 31.5 Å². The van der Waals surface area contributed by atoms with E-state index in [2.05, 4.69) is 16.5 Å². The summed E-state index contributed by atoms with van der Waals surface area (Å²) >= 11 is 6.29. The number of hydrogen-bond donors (Lipinski definition) is 0. The van der Waals surface area contributed by atoms with Gasteiger partial charge < -0.3 is 14.5 Å². The van der Waals surface area contributed by atoms with Crippen LogP contribution in [0.5, 0.6) is 6.01 Å². The van der Waals surface area contributed by atoms with E-state index in [0.717, 1.165) is 12.1 Å². The maximum atomic E-state index is 16.7. The van der Waals surface area contributed by atoms with Crippen molar-refractivity contribution in [2.45, 2.75) is 31.1 Å². The number of fused-ring (bicyclic) bond motifs is 2. The highest BCUT2D eigenvalue weighted by Gasteiger charge is 2.35. The second kappa shape index (κ2) is 12.9. The molecule has 0 saturated carbocycles. The van der Waals surface area contributed by atoms with Crippen LogP contribution >= 0.6 is 11.6 Å². The van der Waals surface area contributed by atoms with Gasteiger partial charge in [0.15, 0.2) is 11.6 Å². The number of hydrogen-bond acceptors (Lipinski definition) is 7. The Kier molecular flexibility index (Phi) is 8.91. The summed E-state index contributed by atoms with van der Waals surface area (Å²) < 4.78 is 81.0. The molecule has 2 aliphatic rings. The SMILES string of the molecule is C=C(F)C(=O)N1CCN(c2nc(OC[C@@H]3C[C@@H](F)CN3C)nc3c(F)c(-c4cccc5ccc(F)c(Cl)c45)c(F)cc23)C[C@@H]1CC#N. The molecule has 3 heterocycles. The third kappa shape index (κ3) is 6.03. The van der Waals surface area contributed by atoms with Crippen molar-refractivity contribution in [2.24, 2.45) is 0 Å². The number of likely N-dealkylation sites (tertiary alicyclic amines) is 1. The third-order valence-electron chi connectivity index (χ3n) is 8.69. The van der Waals surface area contributed by atoms with E-state index in [4.69, 9.17) is 16.3 Å². The lowest BCUT2D eigenvalue weighted by molar-refractivity contribution is -0.131. The highest BCUT2D eigenvalue weighted by atomic mass is 35.5. The van der Waals surface area contributed by atoms with Gasteiger partial charge in [0, 0.05) is 43.0 Å². The first-order valence-electron chi connectivity index (χ1n) is 14.8. The Morgan fingerprint density at radius 1 is 1.13 bits per heavy atom. The van der Waals surface area contributed by atoms with Gasteiger partial charge in [0.25, 0.3) is 5.91 Å². The normalized spacial score (nSPS) is 20.2. The summed E-state index contributed by atoms with van der Waals surface area (Å²) in [4.78, 5) is 25.9. The second-order valence-electron chi connectivity index (χ2n) is 11.6. The van der Waals surface area contributed by atoms with Crippen molar-refractivity contribution in [3.05, 3.63) is 71.3 Å². The van der Waals surface area contributed by atoms with Gasteiger partial charge in [-0.2, -0.15) is 15.2 Å². The van der Waals surface area contributed by atoms with E-state index in [1.807, 2.05) is 6.07 Å². The number of amides is 1. The number of benzene rings is 3. The van der Waals surface area contributed by atoms with Crippen molar-refractivity contribution in [2.75, 3.05) is 44.7 Å². The number of carbonyl (C=O) groups is 1. The fourth-order valence-corrected chi connectivity index (χ4v) is 6.63. The number of anilines is 1. The number of rotatable bonds is 7. The molecule has 0 radical (unpaired) electrons. The molecular weight excluding hydrogens is 643 g/mol. The minimum absolute atomic E-state index is 0.000705. The van der Waals surface area contributed by atoms with Gasteiger partial charge in [-0.3, -0.25) is 9.69 Å². The van der Waals surface area contributed by atoms with Gasteiger partial charge in [0.1, 0.15) is 35.7 Å². The molecule has 8 nitrogen and oxygen atoms in total. The highest BCUT2D eigenvalue weighted by molar-refractivity contribution is 6.37. The number of alkyl halides is 1. The number of aromatic nitrogens is 2. The highest BCUT2D eigenvalue weighted by Crippen LogP contribution is 2.41. The number of halogens is 6. The lowest BCUT2D eigenvalue weighted by Crippen LogP contribution is -2.55. The minimum atomic E-state index is -1.18.